The largest absolute Gasteiger partial charge is 0.411 e. The molecular formula is C8H16N2O. The molecule has 3 heteroatoms. The Kier molecular flexibility index (Phi) is 2.88. The molecule has 0 aromatic heterocycles. The Morgan fingerprint density at radius 3 is 2.91 bits per heavy atom. The average molecular weight is 156 g/mol. The van der Waals surface area contributed by atoms with Gasteiger partial charge < -0.3 is 10.1 Å². The minimum atomic E-state index is 0.495. The molecule has 0 heterocycles. The Morgan fingerprint density at radius 2 is 2.36 bits per heavy atom. The van der Waals surface area contributed by atoms with E-state index in [1.807, 2.05) is 14.1 Å². The van der Waals surface area contributed by atoms with Crippen molar-refractivity contribution in [2.75, 3.05) is 20.6 Å². The molecular weight excluding hydrogens is 140 g/mol. The molecule has 0 amide bonds. The summed E-state index contributed by atoms with van der Waals surface area (Å²) in [7, 11) is 4.10. The van der Waals surface area contributed by atoms with Crippen molar-refractivity contribution in [2.24, 2.45) is 11.1 Å². The van der Waals surface area contributed by atoms with Gasteiger partial charge in [-0.25, -0.2) is 0 Å². The molecule has 0 spiro atoms. The van der Waals surface area contributed by atoms with E-state index in [2.05, 4.69) is 10.1 Å². The summed E-state index contributed by atoms with van der Waals surface area (Å²) in [6.07, 6.45) is 3.34. The summed E-state index contributed by atoms with van der Waals surface area (Å²) in [6, 6.07) is 0. The third-order valence-electron chi connectivity index (χ3n) is 2.17. The van der Waals surface area contributed by atoms with Gasteiger partial charge in [-0.05, 0) is 33.4 Å². The van der Waals surface area contributed by atoms with Crippen LogP contribution in [0.15, 0.2) is 5.16 Å². The third-order valence-corrected chi connectivity index (χ3v) is 2.17. The van der Waals surface area contributed by atoms with E-state index in [9.17, 15) is 0 Å². The lowest BCUT2D eigenvalue weighted by molar-refractivity contribution is 0.309. The molecule has 64 valence electrons. The van der Waals surface area contributed by atoms with Crippen molar-refractivity contribution in [3.63, 3.8) is 0 Å². The smallest absolute Gasteiger partial charge is 0.0614 e. The molecule has 0 unspecified atom stereocenters. The topological polar surface area (TPSA) is 35.8 Å². The second-order valence-electron chi connectivity index (χ2n) is 3.44. The van der Waals surface area contributed by atoms with Crippen molar-refractivity contribution >= 4 is 5.71 Å². The Bertz CT molecular complexity index is 154. The minimum absolute atomic E-state index is 0.495. The number of oxime groups is 1. The SMILES string of the molecule is CN(C)C[C@@H]1CCC/C1=N\O. The molecule has 0 aliphatic heterocycles. The van der Waals surface area contributed by atoms with Crippen LogP contribution in [0, 0.1) is 5.92 Å². The van der Waals surface area contributed by atoms with E-state index < -0.39 is 0 Å². The molecule has 1 N–H and O–H groups in total. The molecule has 0 radical (unpaired) electrons. The fourth-order valence-corrected chi connectivity index (χ4v) is 1.67. The maximum absolute atomic E-state index is 8.62. The van der Waals surface area contributed by atoms with E-state index in [0.717, 1.165) is 18.7 Å². The zero-order chi connectivity index (χ0) is 8.27. The van der Waals surface area contributed by atoms with Crippen LogP contribution in [0.25, 0.3) is 0 Å². The number of hydrogen-bond acceptors (Lipinski definition) is 3. The normalized spacial score (nSPS) is 28.6. The van der Waals surface area contributed by atoms with E-state index >= 15 is 0 Å². The quantitative estimate of drug-likeness (QED) is 0.481. The summed E-state index contributed by atoms with van der Waals surface area (Å²) in [5, 5.41) is 11.9. The van der Waals surface area contributed by atoms with Gasteiger partial charge in [-0.15, -0.1) is 0 Å². The standard InChI is InChI=1S/C8H16N2O/c1-10(2)6-7-4-3-5-8(7)9-11/h7,11H,3-6H2,1-2H3/b9-8+/t7-/m0/s1. The zero-order valence-electron chi connectivity index (χ0n) is 7.25. The molecule has 0 aromatic rings. The van der Waals surface area contributed by atoms with Crippen LogP contribution in [0.1, 0.15) is 19.3 Å². The van der Waals surface area contributed by atoms with E-state index in [4.69, 9.17) is 5.21 Å². The second-order valence-corrected chi connectivity index (χ2v) is 3.44. The molecule has 1 atom stereocenters. The van der Waals surface area contributed by atoms with Crippen LogP contribution in [0.3, 0.4) is 0 Å². The Hall–Kier alpha value is -0.570. The van der Waals surface area contributed by atoms with Gasteiger partial charge in [-0.1, -0.05) is 5.16 Å². The highest BCUT2D eigenvalue weighted by Crippen LogP contribution is 2.22. The van der Waals surface area contributed by atoms with Gasteiger partial charge in [0.1, 0.15) is 0 Å². The summed E-state index contributed by atoms with van der Waals surface area (Å²) in [4.78, 5) is 2.14. The van der Waals surface area contributed by atoms with Crippen molar-refractivity contribution in [1.29, 1.82) is 0 Å². The van der Waals surface area contributed by atoms with Crippen molar-refractivity contribution in [3.8, 4) is 0 Å². The molecule has 1 rings (SSSR count). The molecule has 0 saturated heterocycles. The van der Waals surface area contributed by atoms with Gasteiger partial charge >= 0.3 is 0 Å². The van der Waals surface area contributed by atoms with Crippen molar-refractivity contribution in [1.82, 2.24) is 4.90 Å². The molecule has 11 heavy (non-hydrogen) atoms. The first-order valence-electron chi connectivity index (χ1n) is 4.09. The summed E-state index contributed by atoms with van der Waals surface area (Å²) in [5.41, 5.74) is 0.985. The van der Waals surface area contributed by atoms with Gasteiger partial charge in [0.2, 0.25) is 0 Å². The van der Waals surface area contributed by atoms with Gasteiger partial charge in [0, 0.05) is 12.5 Å². The molecule has 1 aliphatic carbocycles. The van der Waals surface area contributed by atoms with Gasteiger partial charge in [0.05, 0.1) is 5.71 Å². The maximum atomic E-state index is 8.62. The Balaban J connectivity index is 2.44. The predicted molar refractivity (Wildman–Crippen MR) is 45.1 cm³/mol. The highest BCUT2D eigenvalue weighted by atomic mass is 16.4. The Morgan fingerprint density at radius 1 is 1.64 bits per heavy atom. The minimum Gasteiger partial charge on any atom is -0.411 e. The number of nitrogens with zero attached hydrogens (tertiary/aromatic N) is 2. The monoisotopic (exact) mass is 156 g/mol. The van der Waals surface area contributed by atoms with Gasteiger partial charge in [-0.2, -0.15) is 0 Å². The van der Waals surface area contributed by atoms with E-state index in [0.29, 0.717) is 5.92 Å². The molecule has 3 nitrogen and oxygen atoms in total. The lowest BCUT2D eigenvalue weighted by Crippen LogP contribution is -2.24. The van der Waals surface area contributed by atoms with E-state index in [1.54, 1.807) is 0 Å². The van der Waals surface area contributed by atoms with Crippen LogP contribution >= 0.6 is 0 Å². The maximum Gasteiger partial charge on any atom is 0.0614 e. The molecule has 0 aromatic carbocycles. The van der Waals surface area contributed by atoms with Crippen LogP contribution in [-0.4, -0.2) is 36.5 Å². The second kappa shape index (κ2) is 3.72. The van der Waals surface area contributed by atoms with Gasteiger partial charge in [0.15, 0.2) is 0 Å². The van der Waals surface area contributed by atoms with Crippen LogP contribution in [0.5, 0.6) is 0 Å². The molecule has 0 bridgehead atoms. The average Bonchev–Trinajstić information content (AvgIpc) is 2.34. The van der Waals surface area contributed by atoms with Crippen molar-refractivity contribution in [3.05, 3.63) is 0 Å². The Labute approximate surface area is 67.7 Å². The van der Waals surface area contributed by atoms with Crippen LogP contribution in [0.2, 0.25) is 0 Å². The van der Waals surface area contributed by atoms with E-state index in [1.165, 1.54) is 12.8 Å². The first kappa shape index (κ1) is 8.53. The highest BCUT2D eigenvalue weighted by Gasteiger charge is 2.23. The van der Waals surface area contributed by atoms with Crippen molar-refractivity contribution < 1.29 is 5.21 Å². The fourth-order valence-electron chi connectivity index (χ4n) is 1.67. The van der Waals surface area contributed by atoms with E-state index in [-0.39, 0.29) is 0 Å². The van der Waals surface area contributed by atoms with Crippen LogP contribution in [0.4, 0.5) is 0 Å². The fraction of sp³-hybridized carbons (Fsp3) is 0.875. The number of hydrogen-bond donors (Lipinski definition) is 1. The summed E-state index contributed by atoms with van der Waals surface area (Å²) < 4.78 is 0. The highest BCUT2D eigenvalue weighted by molar-refractivity contribution is 5.88. The number of rotatable bonds is 2. The lowest BCUT2D eigenvalue weighted by Gasteiger charge is -2.15. The lowest BCUT2D eigenvalue weighted by atomic mass is 10.1. The summed E-state index contributed by atoms with van der Waals surface area (Å²) in [5.74, 6) is 0.495. The van der Waals surface area contributed by atoms with Crippen molar-refractivity contribution in [2.45, 2.75) is 19.3 Å². The predicted octanol–water partition coefficient (Wildman–Crippen LogP) is 1.18. The summed E-state index contributed by atoms with van der Waals surface area (Å²) in [6.45, 7) is 1.01. The zero-order valence-corrected chi connectivity index (χ0v) is 7.25. The third kappa shape index (κ3) is 2.19. The van der Waals surface area contributed by atoms with Gasteiger partial charge in [-0.3, -0.25) is 0 Å². The molecule has 1 saturated carbocycles. The van der Waals surface area contributed by atoms with Gasteiger partial charge in [0.25, 0.3) is 0 Å². The molecule has 1 fully saturated rings. The first-order chi connectivity index (χ1) is 5.24. The molecule has 1 aliphatic rings. The van der Waals surface area contributed by atoms with Crippen LogP contribution in [-0.2, 0) is 0 Å². The first-order valence-corrected chi connectivity index (χ1v) is 4.09. The van der Waals surface area contributed by atoms with Crippen LogP contribution < -0.4 is 0 Å². The summed E-state index contributed by atoms with van der Waals surface area (Å²) >= 11 is 0.